The van der Waals surface area contributed by atoms with Crippen molar-refractivity contribution in [1.29, 1.82) is 5.26 Å². The van der Waals surface area contributed by atoms with Crippen LogP contribution in [0.3, 0.4) is 0 Å². The van der Waals surface area contributed by atoms with Gasteiger partial charge in [0.15, 0.2) is 17.3 Å². The lowest BCUT2D eigenvalue weighted by molar-refractivity contribution is 0.0601. The number of nitrogens with two attached hydrogens (primary N) is 3. The van der Waals surface area contributed by atoms with Gasteiger partial charge in [-0.25, -0.2) is 49.4 Å². The number of nitrogen functional groups attached to an aromatic ring is 1. The van der Waals surface area contributed by atoms with Gasteiger partial charge in [-0.2, -0.15) is 42.5 Å². The van der Waals surface area contributed by atoms with Crippen LogP contribution in [0, 0.1) is 78.6 Å². The van der Waals surface area contributed by atoms with Gasteiger partial charge in [-0.3, -0.25) is 23.5 Å². The molecular formula is C67H83ClN22O7S2. The molecule has 0 spiro atoms. The number of nitrogens with zero attached hydrogens (tertiary/aromatic N) is 15. The van der Waals surface area contributed by atoms with E-state index in [1.165, 1.54) is 29.4 Å². The topological polar surface area (TPSA) is 404 Å². The Labute approximate surface area is 579 Å². The molecule has 99 heavy (non-hydrogen) atoms. The molecule has 2 aliphatic heterocycles. The third-order valence-electron chi connectivity index (χ3n) is 16.5. The molecule has 11 aromatic rings. The predicted molar refractivity (Wildman–Crippen MR) is 385 cm³/mol. The molecule has 0 amide bonds. The number of H-pyrrole nitrogens is 1. The molecule has 2 fully saturated rings. The quantitative estimate of drug-likeness (QED) is 0.0352. The lowest BCUT2D eigenvalue weighted by atomic mass is 9.95. The zero-order chi connectivity index (χ0) is 72.2. The van der Waals surface area contributed by atoms with Crippen LogP contribution in [0.25, 0.3) is 66.9 Å². The van der Waals surface area contributed by atoms with Gasteiger partial charge >= 0.3 is 5.97 Å². The number of rotatable bonds is 13. The molecule has 10 N–H and O–H groups in total. The average Bonchev–Trinajstić information content (AvgIpc) is 1.61. The summed E-state index contributed by atoms with van der Waals surface area (Å²) in [6, 6.07) is 19.2. The fourth-order valence-electron chi connectivity index (χ4n) is 10.3. The highest BCUT2D eigenvalue weighted by Crippen LogP contribution is 2.34. The molecule has 2 saturated heterocycles. The summed E-state index contributed by atoms with van der Waals surface area (Å²) in [7, 11) is 1.57. The van der Waals surface area contributed by atoms with E-state index in [9.17, 15) is 26.4 Å². The first-order chi connectivity index (χ1) is 46.7. The van der Waals surface area contributed by atoms with Crippen molar-refractivity contribution in [2.75, 3.05) is 57.0 Å². The van der Waals surface area contributed by atoms with E-state index in [0.29, 0.717) is 75.4 Å². The standard InChI is InChI=1S/C19H25N7O2S.C14H13ClN4.C14H14N4O.C10H13NO2.C5H13N3O2S.C5H5N3/c1-12-6-16-17(7-13(12)2)23-18(15-8-21-25(3)11-15)24-19(16)26-9-14(10-26)4-5-22-29(20,27)28;1-8-4-11-12(5-9(8)2)17-14(18-13(11)15)10-6-16-19(3)7-10;1-8-4-11-12(5-9(8)2)16-13(17-14(11)19)10-6-15-18(3)7-10;1-6-4-8(10(12)13-3)9(11)5-7(6)2;6-11(9,10)8-2-1-5-3-7-4-5;1-8-3-2-5(4-6)7-8/h6-8,11,14,22H,4-5,9-10H2,1-3H3,(H2,20,27,28);4-7H,1-3H3;4-7H,1-3H3,(H,16,17,19);4-5H,11H2,1-3H3;5,7-8H,1-4H2,(H2,6,9,10);2-3H,1H3. The highest BCUT2D eigenvalue weighted by molar-refractivity contribution is 7.87. The van der Waals surface area contributed by atoms with Crippen molar-refractivity contribution < 1.29 is 26.4 Å². The van der Waals surface area contributed by atoms with Crippen LogP contribution in [-0.2, 0) is 53.3 Å². The maximum Gasteiger partial charge on any atom is 0.339 e. The SMILES string of the molecule is COC(=O)c1cc(C)c(C)cc1N.Cc1cc2nc(-c3cnn(C)c3)[nH]c(=O)c2cc1C.Cc1cc2nc(-c3cnn(C)c3)nc(Cl)c2cc1C.Cc1cc2nc(-c3cnn(C)c3)nc(N3CC(CCNS(N)(=O)=O)C3)c2cc1C.Cn1ccc(C#N)n1.NS(=O)(=O)NCCC1CNC1. The van der Waals surface area contributed by atoms with Gasteiger partial charge in [0.05, 0.1) is 69.9 Å². The molecule has 4 aromatic carbocycles. The maximum absolute atomic E-state index is 12.1. The Hall–Kier alpha value is -9.91. The second-order valence-corrected chi connectivity index (χ2v) is 27.6. The van der Waals surface area contributed by atoms with Crippen molar-refractivity contribution in [3.8, 4) is 40.2 Å². The van der Waals surface area contributed by atoms with E-state index in [0.717, 1.165) is 106 Å². The predicted octanol–water partition coefficient (Wildman–Crippen LogP) is 6.86. The zero-order valence-electron chi connectivity index (χ0n) is 57.5. The third kappa shape index (κ3) is 20.6. The molecule has 29 nitrogen and oxygen atoms in total. The summed E-state index contributed by atoms with van der Waals surface area (Å²) in [6.07, 6.45) is 14.1. The van der Waals surface area contributed by atoms with Crippen LogP contribution in [0.15, 0.2) is 103 Å². The normalized spacial score (nSPS) is 12.9. The number of nitriles is 1. The Kier molecular flexibility index (Phi) is 24.7. The van der Waals surface area contributed by atoms with E-state index in [2.05, 4.69) is 105 Å². The summed E-state index contributed by atoms with van der Waals surface area (Å²) in [4.78, 5) is 51.4. The van der Waals surface area contributed by atoms with E-state index >= 15 is 0 Å². The Morgan fingerprint density at radius 1 is 0.626 bits per heavy atom. The van der Waals surface area contributed by atoms with Crippen LogP contribution in [0.5, 0.6) is 0 Å². The molecule has 0 unspecified atom stereocenters. The third-order valence-corrected chi connectivity index (χ3v) is 18.0. The smallest absolute Gasteiger partial charge is 0.339 e. The van der Waals surface area contributed by atoms with Gasteiger partial charge in [0.1, 0.15) is 22.9 Å². The average molecular weight is 1410 g/mol. The van der Waals surface area contributed by atoms with Crippen molar-refractivity contribution in [3.63, 3.8) is 0 Å². The first kappa shape index (κ1) is 74.9. The highest BCUT2D eigenvalue weighted by Gasteiger charge is 2.30. The highest BCUT2D eigenvalue weighted by atomic mass is 35.5. The summed E-state index contributed by atoms with van der Waals surface area (Å²) in [6.45, 7) is 20.6. The molecule has 2 aliphatic rings. The summed E-state index contributed by atoms with van der Waals surface area (Å²) < 4.78 is 58.7. The second-order valence-electron chi connectivity index (χ2n) is 24.4. The van der Waals surface area contributed by atoms with Gasteiger partial charge in [-0.1, -0.05) is 11.6 Å². The number of hydrogen-bond acceptors (Lipinski definition) is 20. The van der Waals surface area contributed by atoms with Gasteiger partial charge in [0, 0.05) is 95.6 Å². The maximum atomic E-state index is 12.1. The molecule has 7 aromatic heterocycles. The number of aryl methyl sites for hydroxylation is 12. The minimum atomic E-state index is -3.63. The number of hydrogen-bond donors (Lipinski definition) is 7. The van der Waals surface area contributed by atoms with Crippen molar-refractivity contribution >= 4 is 82.2 Å². The zero-order valence-corrected chi connectivity index (χ0v) is 59.9. The molecule has 0 aliphatic carbocycles. The van der Waals surface area contributed by atoms with Crippen molar-refractivity contribution in [1.82, 2.24) is 83.8 Å². The number of fused-ring (bicyclic) bond motifs is 3. The number of aromatic nitrogens is 14. The van der Waals surface area contributed by atoms with Crippen LogP contribution in [-0.4, -0.2) is 138 Å². The number of halogens is 1. The van der Waals surface area contributed by atoms with Crippen molar-refractivity contribution in [2.24, 2.45) is 50.3 Å². The fourth-order valence-corrected chi connectivity index (χ4v) is 11.3. The van der Waals surface area contributed by atoms with Crippen LogP contribution in [0.1, 0.15) is 73.4 Å². The van der Waals surface area contributed by atoms with E-state index in [4.69, 9.17) is 42.8 Å². The number of ether oxygens (including phenoxy) is 1. The number of aromatic amines is 1. The Morgan fingerprint density at radius 3 is 1.54 bits per heavy atom. The minimum absolute atomic E-state index is 0.119. The molecular weight excluding hydrogens is 1320 g/mol. The molecule has 522 valence electrons. The minimum Gasteiger partial charge on any atom is -0.465 e. The summed E-state index contributed by atoms with van der Waals surface area (Å²) >= 11 is 6.26. The lowest BCUT2D eigenvalue weighted by Crippen LogP contribution is -2.48. The second kappa shape index (κ2) is 32.6. The summed E-state index contributed by atoms with van der Waals surface area (Å²) in [5.41, 5.74) is 21.1. The van der Waals surface area contributed by atoms with Gasteiger partial charge in [-0.15, -0.1) is 0 Å². The van der Waals surface area contributed by atoms with Gasteiger partial charge < -0.3 is 25.7 Å². The van der Waals surface area contributed by atoms with Crippen LogP contribution >= 0.6 is 11.6 Å². The van der Waals surface area contributed by atoms with Gasteiger partial charge in [0.25, 0.3) is 26.0 Å². The lowest BCUT2D eigenvalue weighted by Gasteiger charge is -2.41. The number of carbonyl (C=O) groups excluding carboxylic acids is 1. The number of carbonyl (C=O) groups is 1. The van der Waals surface area contributed by atoms with Crippen molar-refractivity contribution in [2.45, 2.75) is 68.2 Å². The number of esters is 1. The first-order valence-corrected chi connectivity index (χ1v) is 34.8. The molecule has 0 radical (unpaired) electrons. The summed E-state index contributed by atoms with van der Waals surface area (Å²) in [5, 5.41) is 40.3. The van der Waals surface area contributed by atoms with Crippen LogP contribution in [0.2, 0.25) is 5.15 Å². The fraction of sp³-hybridized carbons (Fsp3) is 0.343. The Balaban J connectivity index is 0.000000159. The van der Waals surface area contributed by atoms with E-state index < -0.39 is 20.4 Å². The van der Waals surface area contributed by atoms with E-state index in [1.807, 2.05) is 97.8 Å². The molecule has 9 heterocycles. The molecule has 0 saturated carbocycles. The molecule has 13 rings (SSSR count). The number of anilines is 2. The van der Waals surface area contributed by atoms with Gasteiger partial charge in [-0.05, 0) is 192 Å². The Bertz CT molecular complexity index is 5070. The molecule has 32 heteroatoms. The Morgan fingerprint density at radius 2 is 1.08 bits per heavy atom. The van der Waals surface area contributed by atoms with Crippen LogP contribution < -0.4 is 41.2 Å². The number of benzene rings is 4. The first-order valence-electron chi connectivity index (χ1n) is 31.3. The summed E-state index contributed by atoms with van der Waals surface area (Å²) in [5.74, 6) is 3.34. The van der Waals surface area contributed by atoms with Crippen molar-refractivity contribution in [3.05, 3.63) is 169 Å². The van der Waals surface area contributed by atoms with Gasteiger partial charge in [0.2, 0.25) is 0 Å². The largest absolute Gasteiger partial charge is 0.465 e. The molecule has 0 atom stereocenters. The van der Waals surface area contributed by atoms with Crippen LogP contribution in [0.4, 0.5) is 11.5 Å². The number of methoxy groups -OCH3 is 1. The monoisotopic (exact) mass is 1410 g/mol. The number of nitrogens with one attached hydrogen (secondary N) is 4. The molecule has 0 bridgehead atoms. The van der Waals surface area contributed by atoms with E-state index in [1.54, 1.807) is 68.8 Å². The van der Waals surface area contributed by atoms with E-state index in [-0.39, 0.29) is 11.5 Å².